The third-order valence-corrected chi connectivity index (χ3v) is 5.07. The molecule has 20 heavy (non-hydrogen) atoms. The van der Waals surface area contributed by atoms with E-state index in [1.807, 2.05) is 0 Å². The molecule has 8 heteroatoms. The molecule has 0 aliphatic carbocycles. The van der Waals surface area contributed by atoms with Crippen molar-refractivity contribution in [3.8, 4) is 0 Å². The van der Waals surface area contributed by atoms with Gasteiger partial charge in [0.15, 0.2) is 5.60 Å². The molecule has 1 aliphatic heterocycles. The molecule has 1 heterocycles. The fourth-order valence-corrected chi connectivity index (χ4v) is 3.45. The maximum Gasteiger partial charge on any atom is 0.250 e. The Kier molecular flexibility index (Phi) is 3.81. The van der Waals surface area contributed by atoms with Gasteiger partial charge in [0.1, 0.15) is 5.82 Å². The van der Waals surface area contributed by atoms with Crippen LogP contribution in [-0.4, -0.2) is 43.9 Å². The molecule has 0 spiro atoms. The number of benzene rings is 1. The number of hydrogen-bond donors (Lipinski definition) is 1. The van der Waals surface area contributed by atoms with E-state index < -0.39 is 27.3 Å². The van der Waals surface area contributed by atoms with Gasteiger partial charge in [-0.25, -0.2) is 12.8 Å². The number of amides is 1. The number of nitrogens with two attached hydrogens (primary N) is 1. The number of ether oxygens (including phenoxy) is 1. The van der Waals surface area contributed by atoms with Gasteiger partial charge in [-0.3, -0.25) is 4.79 Å². The Morgan fingerprint density at radius 1 is 1.40 bits per heavy atom. The zero-order valence-corrected chi connectivity index (χ0v) is 11.7. The molecule has 2 N–H and O–H groups in total. The lowest BCUT2D eigenvalue weighted by atomic mass is 10.1. The molecule has 1 aromatic carbocycles. The molecular formula is C12H15FN2O4S. The van der Waals surface area contributed by atoms with Crippen LogP contribution in [0.3, 0.4) is 0 Å². The predicted octanol–water partition coefficient (Wildman–Crippen LogP) is 0.0906. The monoisotopic (exact) mass is 302 g/mol. The summed E-state index contributed by atoms with van der Waals surface area (Å²) in [6.07, 6.45) is 0. The maximum atomic E-state index is 12.9. The van der Waals surface area contributed by atoms with Crippen molar-refractivity contribution in [2.24, 2.45) is 5.73 Å². The number of carbonyl (C=O) groups is 1. The fourth-order valence-electron chi connectivity index (χ4n) is 1.94. The van der Waals surface area contributed by atoms with Gasteiger partial charge in [0.05, 0.1) is 18.0 Å². The van der Waals surface area contributed by atoms with Gasteiger partial charge in [0.2, 0.25) is 10.0 Å². The van der Waals surface area contributed by atoms with E-state index >= 15 is 0 Å². The first-order valence-corrected chi connectivity index (χ1v) is 7.39. The highest BCUT2D eigenvalue weighted by molar-refractivity contribution is 7.89. The van der Waals surface area contributed by atoms with E-state index in [9.17, 15) is 17.6 Å². The first-order chi connectivity index (χ1) is 9.25. The zero-order chi connectivity index (χ0) is 15.0. The third kappa shape index (κ3) is 2.67. The van der Waals surface area contributed by atoms with Gasteiger partial charge < -0.3 is 10.5 Å². The first-order valence-electron chi connectivity index (χ1n) is 5.95. The summed E-state index contributed by atoms with van der Waals surface area (Å²) >= 11 is 0. The molecular weight excluding hydrogens is 287 g/mol. The van der Waals surface area contributed by atoms with Crippen molar-refractivity contribution in [2.75, 3.05) is 19.7 Å². The minimum atomic E-state index is -3.80. The second kappa shape index (κ2) is 5.12. The average Bonchev–Trinajstić information content (AvgIpc) is 2.39. The Hall–Kier alpha value is -1.51. The van der Waals surface area contributed by atoms with Gasteiger partial charge in [-0.15, -0.1) is 0 Å². The van der Waals surface area contributed by atoms with Crippen LogP contribution >= 0.6 is 0 Å². The number of carbonyl (C=O) groups excluding carboxylic acids is 1. The highest BCUT2D eigenvalue weighted by Gasteiger charge is 2.41. The van der Waals surface area contributed by atoms with Crippen LogP contribution in [0, 0.1) is 5.82 Å². The van der Waals surface area contributed by atoms with E-state index in [1.54, 1.807) is 0 Å². The van der Waals surface area contributed by atoms with Crippen molar-refractivity contribution in [1.29, 1.82) is 0 Å². The Bertz CT molecular complexity index is 617. The topological polar surface area (TPSA) is 89.7 Å². The van der Waals surface area contributed by atoms with Crippen LogP contribution in [0.4, 0.5) is 4.39 Å². The van der Waals surface area contributed by atoms with Crippen molar-refractivity contribution in [3.63, 3.8) is 0 Å². The van der Waals surface area contributed by atoms with Crippen LogP contribution < -0.4 is 5.73 Å². The molecule has 1 aromatic rings. The normalized spacial score (nSPS) is 24.5. The minimum absolute atomic E-state index is 0.0346. The number of halogens is 1. The van der Waals surface area contributed by atoms with E-state index in [1.165, 1.54) is 19.1 Å². The van der Waals surface area contributed by atoms with E-state index in [4.69, 9.17) is 10.5 Å². The van der Waals surface area contributed by atoms with Crippen LogP contribution in [0.5, 0.6) is 0 Å². The SMILES string of the molecule is C[C@@]1(C(N)=O)CN(S(=O)(=O)c2ccc(F)cc2)CCO1. The summed E-state index contributed by atoms with van der Waals surface area (Å²) in [5.41, 5.74) is 3.87. The standard InChI is InChI=1S/C12H15FN2O4S/c1-12(11(14)16)8-15(6-7-19-12)20(17,18)10-4-2-9(13)3-5-10/h2-5H,6-8H2,1H3,(H2,14,16)/t12-/m0/s1. The van der Waals surface area contributed by atoms with E-state index in [-0.39, 0.29) is 24.6 Å². The molecule has 0 unspecified atom stereocenters. The largest absolute Gasteiger partial charge is 0.367 e. The van der Waals surface area contributed by atoms with Gasteiger partial charge in [0.25, 0.3) is 5.91 Å². The van der Waals surface area contributed by atoms with Crippen LogP contribution in [0.15, 0.2) is 29.2 Å². The summed E-state index contributed by atoms with van der Waals surface area (Å²) in [5.74, 6) is -1.25. The quantitative estimate of drug-likeness (QED) is 0.857. The van der Waals surface area contributed by atoms with Crippen LogP contribution in [-0.2, 0) is 19.6 Å². The molecule has 0 saturated carbocycles. The lowest BCUT2D eigenvalue weighted by Gasteiger charge is -2.37. The van der Waals surface area contributed by atoms with Gasteiger partial charge in [-0.2, -0.15) is 4.31 Å². The zero-order valence-electron chi connectivity index (χ0n) is 10.9. The Morgan fingerprint density at radius 2 is 2.00 bits per heavy atom. The first kappa shape index (κ1) is 14.9. The summed E-state index contributed by atoms with van der Waals surface area (Å²) < 4.78 is 44.1. The molecule has 2 rings (SSSR count). The molecule has 1 amide bonds. The Morgan fingerprint density at radius 3 is 2.55 bits per heavy atom. The molecule has 0 radical (unpaired) electrons. The fraction of sp³-hybridized carbons (Fsp3) is 0.417. The van der Waals surface area contributed by atoms with Crippen molar-refractivity contribution in [3.05, 3.63) is 30.1 Å². The molecule has 6 nitrogen and oxygen atoms in total. The van der Waals surface area contributed by atoms with E-state index in [0.717, 1.165) is 16.4 Å². The molecule has 1 aliphatic rings. The van der Waals surface area contributed by atoms with Crippen molar-refractivity contribution in [1.82, 2.24) is 4.31 Å². The Balaban J connectivity index is 2.30. The predicted molar refractivity (Wildman–Crippen MR) is 68.7 cm³/mol. The number of rotatable bonds is 3. The highest BCUT2D eigenvalue weighted by atomic mass is 32.2. The number of sulfonamides is 1. The lowest BCUT2D eigenvalue weighted by molar-refractivity contribution is -0.148. The van der Waals surface area contributed by atoms with Crippen LogP contribution in [0.2, 0.25) is 0 Å². The second-order valence-electron chi connectivity index (χ2n) is 4.74. The van der Waals surface area contributed by atoms with Crippen LogP contribution in [0.1, 0.15) is 6.92 Å². The smallest absolute Gasteiger partial charge is 0.250 e. The third-order valence-electron chi connectivity index (χ3n) is 3.21. The van der Waals surface area contributed by atoms with Crippen molar-refractivity contribution < 1.29 is 22.3 Å². The van der Waals surface area contributed by atoms with Gasteiger partial charge in [-0.1, -0.05) is 0 Å². The van der Waals surface area contributed by atoms with Crippen molar-refractivity contribution >= 4 is 15.9 Å². The van der Waals surface area contributed by atoms with Crippen molar-refractivity contribution in [2.45, 2.75) is 17.4 Å². The minimum Gasteiger partial charge on any atom is -0.367 e. The molecule has 0 bridgehead atoms. The number of hydrogen-bond acceptors (Lipinski definition) is 4. The number of nitrogens with zero attached hydrogens (tertiary/aromatic N) is 1. The van der Waals surface area contributed by atoms with E-state index in [0.29, 0.717) is 0 Å². The Labute approximate surface area is 116 Å². The summed E-state index contributed by atoms with van der Waals surface area (Å²) in [5, 5.41) is 0. The molecule has 0 aromatic heterocycles. The summed E-state index contributed by atoms with van der Waals surface area (Å²) in [4.78, 5) is 11.3. The van der Waals surface area contributed by atoms with E-state index in [2.05, 4.69) is 0 Å². The molecule has 1 atom stereocenters. The molecule has 1 fully saturated rings. The lowest BCUT2D eigenvalue weighted by Crippen LogP contribution is -2.58. The number of morpholine rings is 1. The average molecular weight is 302 g/mol. The second-order valence-corrected chi connectivity index (χ2v) is 6.67. The maximum absolute atomic E-state index is 12.9. The van der Waals surface area contributed by atoms with Gasteiger partial charge in [0, 0.05) is 6.54 Å². The summed E-state index contributed by atoms with van der Waals surface area (Å²) in [7, 11) is -3.80. The number of primary amides is 1. The van der Waals surface area contributed by atoms with Crippen LogP contribution in [0.25, 0.3) is 0 Å². The van der Waals surface area contributed by atoms with Gasteiger partial charge in [-0.05, 0) is 31.2 Å². The summed E-state index contributed by atoms with van der Waals surface area (Å²) in [6, 6.07) is 4.50. The highest BCUT2D eigenvalue weighted by Crippen LogP contribution is 2.23. The summed E-state index contributed by atoms with van der Waals surface area (Å²) in [6.45, 7) is 1.46. The van der Waals surface area contributed by atoms with Gasteiger partial charge >= 0.3 is 0 Å². The molecule has 110 valence electrons. The molecule has 1 saturated heterocycles.